The molecule has 0 atom stereocenters. The van der Waals surface area contributed by atoms with Gasteiger partial charge in [0, 0.05) is 11.3 Å². The fourth-order valence-corrected chi connectivity index (χ4v) is 3.91. The number of hydrogen-bond acceptors (Lipinski definition) is 3. The van der Waals surface area contributed by atoms with Crippen molar-refractivity contribution in [2.75, 3.05) is 0 Å². The van der Waals surface area contributed by atoms with Gasteiger partial charge in [0.2, 0.25) is 5.91 Å². The minimum atomic E-state index is -0.326. The third-order valence-electron chi connectivity index (χ3n) is 4.98. The monoisotopic (exact) mass is 356 g/mol. The summed E-state index contributed by atoms with van der Waals surface area (Å²) in [5, 5.41) is 6.28. The molecular weight excluding hydrogens is 328 g/mol. The molecule has 1 N–H and O–H groups in total. The summed E-state index contributed by atoms with van der Waals surface area (Å²) in [6, 6.07) is 8.59. The summed E-state index contributed by atoms with van der Waals surface area (Å²) < 4.78 is 0. The molecule has 2 aromatic rings. The highest BCUT2D eigenvalue weighted by molar-refractivity contribution is 7.09. The van der Waals surface area contributed by atoms with E-state index in [9.17, 15) is 4.79 Å². The number of nitrogens with one attached hydrogen (secondary N) is 1. The van der Waals surface area contributed by atoms with Crippen molar-refractivity contribution in [3.63, 3.8) is 0 Å². The number of carbonyl (C=O) groups is 1. The first-order valence-electron chi connectivity index (χ1n) is 9.06. The lowest BCUT2D eigenvalue weighted by Crippen LogP contribution is -2.34. The van der Waals surface area contributed by atoms with Crippen molar-refractivity contribution in [1.29, 1.82) is 0 Å². The summed E-state index contributed by atoms with van der Waals surface area (Å²) in [5.74, 6) is 0.570. The molecule has 0 aliphatic heterocycles. The van der Waals surface area contributed by atoms with Gasteiger partial charge in [-0.05, 0) is 29.4 Å². The van der Waals surface area contributed by atoms with E-state index in [-0.39, 0.29) is 16.7 Å². The van der Waals surface area contributed by atoms with Crippen LogP contribution < -0.4 is 5.32 Å². The van der Waals surface area contributed by atoms with Gasteiger partial charge in [0.05, 0.1) is 22.7 Å². The van der Waals surface area contributed by atoms with Crippen molar-refractivity contribution in [3.05, 3.63) is 51.5 Å². The highest BCUT2D eigenvalue weighted by Crippen LogP contribution is 2.48. The number of carbonyl (C=O) groups excluding carboxylic acids is 1. The van der Waals surface area contributed by atoms with E-state index >= 15 is 0 Å². The molecule has 1 aromatic heterocycles. The van der Waals surface area contributed by atoms with Crippen LogP contribution in [0.3, 0.4) is 0 Å². The fourth-order valence-electron chi connectivity index (χ4n) is 3.07. The number of amides is 1. The molecule has 0 bridgehead atoms. The highest BCUT2D eigenvalue weighted by Gasteiger charge is 2.51. The maximum absolute atomic E-state index is 12.8. The first-order chi connectivity index (χ1) is 11.7. The van der Waals surface area contributed by atoms with Crippen LogP contribution in [0.5, 0.6) is 0 Å². The van der Waals surface area contributed by atoms with Gasteiger partial charge in [0.25, 0.3) is 0 Å². The minimum absolute atomic E-state index is 0.134. The summed E-state index contributed by atoms with van der Waals surface area (Å²) in [6.45, 7) is 11.4. The Labute approximate surface area is 154 Å². The van der Waals surface area contributed by atoms with Gasteiger partial charge >= 0.3 is 0 Å². The van der Waals surface area contributed by atoms with Crippen molar-refractivity contribution in [2.24, 2.45) is 0 Å². The molecule has 1 amide bonds. The Morgan fingerprint density at radius 2 is 1.88 bits per heavy atom. The molecular formula is C21H28N2OS. The summed E-state index contributed by atoms with van der Waals surface area (Å²) in [5.41, 5.74) is 3.21. The van der Waals surface area contributed by atoms with E-state index < -0.39 is 0 Å². The lowest BCUT2D eigenvalue weighted by molar-refractivity contribution is -0.123. The second-order valence-corrected chi connectivity index (χ2v) is 9.31. The number of nitrogens with zero attached hydrogens (tertiary/aromatic N) is 1. The average molecular weight is 357 g/mol. The molecule has 25 heavy (non-hydrogen) atoms. The molecule has 1 heterocycles. The lowest BCUT2D eigenvalue weighted by atomic mass is 9.85. The first-order valence-corrected chi connectivity index (χ1v) is 9.94. The zero-order valence-electron chi connectivity index (χ0n) is 15.8. The third-order valence-corrected chi connectivity index (χ3v) is 6.18. The standard InChI is InChI=1S/C21H28N2OS/c1-14(2)18-23-17(13-25-18)12-22-19(24)21(10-11-21)16-8-6-15(7-9-16)20(3,4)5/h6-9,13-14H,10-12H2,1-5H3,(H,22,24). The smallest absolute Gasteiger partial charge is 0.230 e. The van der Waals surface area contributed by atoms with Crippen LogP contribution in [0.25, 0.3) is 0 Å². The number of benzene rings is 1. The molecule has 0 unspecified atom stereocenters. The quantitative estimate of drug-likeness (QED) is 0.827. The molecule has 134 valence electrons. The third kappa shape index (κ3) is 3.79. The molecule has 0 saturated heterocycles. The van der Waals surface area contributed by atoms with Crippen molar-refractivity contribution in [3.8, 4) is 0 Å². The Morgan fingerprint density at radius 1 is 1.24 bits per heavy atom. The van der Waals surface area contributed by atoms with Gasteiger partial charge in [0.1, 0.15) is 0 Å². The van der Waals surface area contributed by atoms with Crippen molar-refractivity contribution in [1.82, 2.24) is 10.3 Å². The zero-order valence-corrected chi connectivity index (χ0v) is 16.7. The van der Waals surface area contributed by atoms with E-state index in [2.05, 4.69) is 69.2 Å². The van der Waals surface area contributed by atoms with Gasteiger partial charge in [0.15, 0.2) is 0 Å². The second-order valence-electron chi connectivity index (χ2n) is 8.42. The van der Waals surface area contributed by atoms with Crippen molar-refractivity contribution < 1.29 is 4.79 Å². The normalized spacial score (nSPS) is 16.1. The summed E-state index contributed by atoms with van der Waals surface area (Å²) in [4.78, 5) is 17.4. The Hall–Kier alpha value is -1.68. The van der Waals surface area contributed by atoms with Crippen LogP contribution in [0, 0.1) is 0 Å². The molecule has 4 heteroatoms. The first kappa shape index (κ1) is 18.1. The molecule has 3 rings (SSSR count). The largest absolute Gasteiger partial charge is 0.350 e. The van der Waals surface area contributed by atoms with E-state index in [1.807, 2.05) is 5.38 Å². The average Bonchev–Trinajstić information content (AvgIpc) is 3.23. The van der Waals surface area contributed by atoms with Gasteiger partial charge in [-0.15, -0.1) is 11.3 Å². The van der Waals surface area contributed by atoms with E-state index in [4.69, 9.17) is 0 Å². The minimum Gasteiger partial charge on any atom is -0.350 e. The van der Waals surface area contributed by atoms with Crippen molar-refractivity contribution >= 4 is 17.2 Å². The van der Waals surface area contributed by atoms with E-state index in [0.717, 1.165) is 29.1 Å². The number of aromatic nitrogens is 1. The zero-order chi connectivity index (χ0) is 18.2. The van der Waals surface area contributed by atoms with Crippen LogP contribution in [-0.2, 0) is 22.2 Å². The van der Waals surface area contributed by atoms with Gasteiger partial charge < -0.3 is 5.32 Å². The number of rotatable bonds is 5. The van der Waals surface area contributed by atoms with E-state index in [1.54, 1.807) is 11.3 Å². The van der Waals surface area contributed by atoms with Crippen LogP contribution in [0.1, 0.15) is 75.2 Å². The van der Waals surface area contributed by atoms with Gasteiger partial charge in [-0.25, -0.2) is 4.98 Å². The lowest BCUT2D eigenvalue weighted by Gasteiger charge is -2.21. The van der Waals surface area contributed by atoms with Gasteiger partial charge in [-0.3, -0.25) is 4.79 Å². The number of hydrogen-bond donors (Lipinski definition) is 1. The predicted molar refractivity (Wildman–Crippen MR) is 104 cm³/mol. The maximum atomic E-state index is 12.8. The van der Waals surface area contributed by atoms with Gasteiger partial charge in [-0.1, -0.05) is 58.9 Å². The Morgan fingerprint density at radius 3 is 2.36 bits per heavy atom. The molecule has 1 aliphatic carbocycles. The molecule has 0 spiro atoms. The fraction of sp³-hybridized carbons (Fsp3) is 0.524. The van der Waals surface area contributed by atoms with Crippen LogP contribution >= 0.6 is 11.3 Å². The number of thiazole rings is 1. The SMILES string of the molecule is CC(C)c1nc(CNC(=O)C2(c3ccc(C(C)(C)C)cc3)CC2)cs1. The molecule has 1 aliphatic rings. The molecule has 3 nitrogen and oxygen atoms in total. The van der Waals surface area contributed by atoms with Crippen LogP contribution in [0.15, 0.2) is 29.6 Å². The Balaban J connectivity index is 1.67. The van der Waals surface area contributed by atoms with Crippen LogP contribution in [0.2, 0.25) is 0 Å². The molecule has 1 aromatic carbocycles. The molecule has 0 radical (unpaired) electrons. The summed E-state index contributed by atoms with van der Waals surface area (Å²) in [7, 11) is 0. The second kappa shape index (κ2) is 6.56. The molecule has 1 saturated carbocycles. The predicted octanol–water partition coefficient (Wildman–Crippen LogP) is 4.91. The van der Waals surface area contributed by atoms with E-state index in [0.29, 0.717) is 12.5 Å². The Bertz CT molecular complexity index is 749. The topological polar surface area (TPSA) is 42.0 Å². The Kier molecular flexibility index (Phi) is 4.76. The van der Waals surface area contributed by atoms with Crippen molar-refractivity contribution in [2.45, 2.75) is 70.8 Å². The van der Waals surface area contributed by atoms with Gasteiger partial charge in [-0.2, -0.15) is 0 Å². The summed E-state index contributed by atoms with van der Waals surface area (Å²) >= 11 is 1.67. The summed E-state index contributed by atoms with van der Waals surface area (Å²) in [6.07, 6.45) is 1.87. The molecule has 1 fully saturated rings. The van der Waals surface area contributed by atoms with Crippen LogP contribution in [0.4, 0.5) is 0 Å². The highest BCUT2D eigenvalue weighted by atomic mass is 32.1. The maximum Gasteiger partial charge on any atom is 0.230 e. The van der Waals surface area contributed by atoms with E-state index in [1.165, 1.54) is 5.56 Å². The van der Waals surface area contributed by atoms with Crippen LogP contribution in [-0.4, -0.2) is 10.9 Å².